The van der Waals surface area contributed by atoms with Crippen LogP contribution in [0.5, 0.6) is 0 Å². The van der Waals surface area contributed by atoms with Crippen molar-refractivity contribution in [2.45, 2.75) is 12.8 Å². The lowest BCUT2D eigenvalue weighted by Crippen LogP contribution is -1.99. The molecule has 0 atom stereocenters. The number of nitrogens with zero attached hydrogens (tertiary/aromatic N) is 3. The molecule has 0 amide bonds. The molecule has 0 fully saturated rings. The maximum absolute atomic E-state index is 10.7. The molecular weight excluding hydrogens is 338 g/mol. The summed E-state index contributed by atoms with van der Waals surface area (Å²) in [6.45, 7) is 0. The summed E-state index contributed by atoms with van der Waals surface area (Å²) in [4.78, 5) is 15.3. The monoisotopic (exact) mass is 351 g/mol. The predicted molar refractivity (Wildman–Crippen MR) is 93.5 cm³/mol. The molecule has 25 heavy (non-hydrogen) atoms. The van der Waals surface area contributed by atoms with E-state index < -0.39 is 5.97 Å². The molecule has 0 aliphatic rings. The number of carbonyl (C=O) groups is 1. The fourth-order valence-electron chi connectivity index (χ4n) is 2.61. The molecular formula is C18H13N3O3S. The van der Waals surface area contributed by atoms with Crippen LogP contribution >= 0.6 is 11.3 Å². The summed E-state index contributed by atoms with van der Waals surface area (Å²) >= 11 is 1.58. The Morgan fingerprint density at radius 3 is 2.64 bits per heavy atom. The second-order valence-corrected chi connectivity index (χ2v) is 6.55. The summed E-state index contributed by atoms with van der Waals surface area (Å²) in [6, 6.07) is 16.2. The number of benzene rings is 2. The number of aliphatic carboxylic acids is 1. The number of hydrogen-bond acceptors (Lipinski definition) is 6. The molecule has 0 aliphatic heterocycles. The Labute approximate surface area is 146 Å². The summed E-state index contributed by atoms with van der Waals surface area (Å²) in [5.41, 5.74) is 3.20. The van der Waals surface area contributed by atoms with Crippen LogP contribution in [0.25, 0.3) is 21.3 Å². The quantitative estimate of drug-likeness (QED) is 0.591. The van der Waals surface area contributed by atoms with Crippen LogP contribution in [0.3, 0.4) is 0 Å². The smallest absolute Gasteiger partial charge is 0.312 e. The first-order valence-electron chi connectivity index (χ1n) is 7.66. The Hall–Kier alpha value is -3.06. The van der Waals surface area contributed by atoms with Gasteiger partial charge in [0.1, 0.15) is 11.4 Å². The number of rotatable bonds is 5. The van der Waals surface area contributed by atoms with Crippen LogP contribution in [0.15, 0.2) is 52.9 Å². The Bertz CT molecular complexity index is 1040. The number of carboxylic acids is 1. The SMILES string of the molecule is O=C(O)Cc1nnc(Cc2nc3cccc(-c4ccccc4)c3s2)o1. The zero-order chi connectivity index (χ0) is 17.2. The van der Waals surface area contributed by atoms with Crippen molar-refractivity contribution < 1.29 is 14.3 Å². The lowest BCUT2D eigenvalue weighted by atomic mass is 10.1. The van der Waals surface area contributed by atoms with Crippen molar-refractivity contribution in [3.63, 3.8) is 0 Å². The standard InChI is InChI=1S/C18H13N3O3S/c22-17(23)10-15-21-20-14(24-15)9-16-19-13-8-4-7-12(18(13)25-16)11-5-2-1-3-6-11/h1-8H,9-10H2,(H,22,23). The average Bonchev–Trinajstić information content (AvgIpc) is 3.21. The summed E-state index contributed by atoms with van der Waals surface area (Å²) in [5.74, 6) is -0.521. The van der Waals surface area contributed by atoms with E-state index in [1.807, 2.05) is 30.3 Å². The zero-order valence-electron chi connectivity index (χ0n) is 13.0. The third kappa shape index (κ3) is 3.27. The van der Waals surface area contributed by atoms with Crippen LogP contribution in [0.4, 0.5) is 0 Å². The molecule has 1 N–H and O–H groups in total. The van der Waals surface area contributed by atoms with E-state index in [4.69, 9.17) is 9.52 Å². The van der Waals surface area contributed by atoms with E-state index in [1.165, 1.54) is 0 Å². The normalized spacial score (nSPS) is 11.0. The number of thiazole rings is 1. The van der Waals surface area contributed by atoms with Gasteiger partial charge in [-0.2, -0.15) is 0 Å². The second-order valence-electron chi connectivity index (χ2n) is 5.46. The van der Waals surface area contributed by atoms with Gasteiger partial charge >= 0.3 is 5.97 Å². The number of aromatic nitrogens is 3. The van der Waals surface area contributed by atoms with Gasteiger partial charge in [-0.05, 0) is 11.6 Å². The van der Waals surface area contributed by atoms with Gasteiger partial charge in [0.2, 0.25) is 11.8 Å². The molecule has 0 aliphatic carbocycles. The lowest BCUT2D eigenvalue weighted by Gasteiger charge is -2.01. The van der Waals surface area contributed by atoms with E-state index in [-0.39, 0.29) is 12.3 Å². The molecule has 0 spiro atoms. The second kappa shape index (κ2) is 6.45. The molecule has 0 unspecified atom stereocenters. The van der Waals surface area contributed by atoms with Crippen LogP contribution in [0, 0.1) is 0 Å². The molecule has 2 aromatic heterocycles. The first-order valence-corrected chi connectivity index (χ1v) is 8.47. The minimum atomic E-state index is -0.998. The Morgan fingerprint density at radius 1 is 1.04 bits per heavy atom. The molecule has 0 radical (unpaired) electrons. The number of hydrogen-bond donors (Lipinski definition) is 1. The summed E-state index contributed by atoms with van der Waals surface area (Å²) < 4.78 is 6.48. The average molecular weight is 351 g/mol. The molecule has 0 bridgehead atoms. The van der Waals surface area contributed by atoms with Crippen molar-refractivity contribution in [2.24, 2.45) is 0 Å². The van der Waals surface area contributed by atoms with Gasteiger partial charge in [0.05, 0.1) is 16.6 Å². The van der Waals surface area contributed by atoms with Crippen LogP contribution in [0.1, 0.15) is 16.8 Å². The van der Waals surface area contributed by atoms with E-state index in [2.05, 4.69) is 33.4 Å². The van der Waals surface area contributed by atoms with E-state index in [0.29, 0.717) is 12.3 Å². The first-order chi connectivity index (χ1) is 12.2. The van der Waals surface area contributed by atoms with Crippen molar-refractivity contribution in [2.75, 3.05) is 0 Å². The molecule has 0 saturated carbocycles. The maximum atomic E-state index is 10.7. The topological polar surface area (TPSA) is 89.1 Å². The fourth-order valence-corrected chi connectivity index (χ4v) is 3.70. The Kier molecular flexibility index (Phi) is 3.99. The Balaban J connectivity index is 1.65. The molecule has 4 aromatic rings. The summed E-state index contributed by atoms with van der Waals surface area (Å²) in [5, 5.41) is 17.3. The third-order valence-electron chi connectivity index (χ3n) is 3.66. The highest BCUT2D eigenvalue weighted by atomic mass is 32.1. The van der Waals surface area contributed by atoms with Gasteiger partial charge in [0.25, 0.3) is 0 Å². The van der Waals surface area contributed by atoms with Crippen molar-refractivity contribution in [3.05, 3.63) is 65.3 Å². The Morgan fingerprint density at radius 2 is 1.84 bits per heavy atom. The van der Waals surface area contributed by atoms with Gasteiger partial charge in [-0.15, -0.1) is 21.5 Å². The van der Waals surface area contributed by atoms with Gasteiger partial charge in [0, 0.05) is 5.56 Å². The van der Waals surface area contributed by atoms with Crippen molar-refractivity contribution in [1.82, 2.24) is 15.2 Å². The minimum Gasteiger partial charge on any atom is -0.481 e. The minimum absolute atomic E-state index is 0.105. The van der Waals surface area contributed by atoms with Gasteiger partial charge in [0.15, 0.2) is 0 Å². The van der Waals surface area contributed by atoms with Crippen molar-refractivity contribution in [3.8, 4) is 11.1 Å². The zero-order valence-corrected chi connectivity index (χ0v) is 13.9. The molecule has 2 heterocycles. The highest BCUT2D eigenvalue weighted by Gasteiger charge is 2.14. The highest BCUT2D eigenvalue weighted by molar-refractivity contribution is 7.19. The van der Waals surface area contributed by atoms with E-state index in [0.717, 1.165) is 26.4 Å². The first kappa shape index (κ1) is 15.5. The van der Waals surface area contributed by atoms with Gasteiger partial charge in [-0.3, -0.25) is 4.79 Å². The predicted octanol–water partition coefficient (Wildman–Crippen LogP) is 3.56. The van der Waals surface area contributed by atoms with Crippen molar-refractivity contribution >= 4 is 27.5 Å². The van der Waals surface area contributed by atoms with Gasteiger partial charge in [-0.1, -0.05) is 42.5 Å². The fraction of sp³-hybridized carbons (Fsp3) is 0.111. The third-order valence-corrected chi connectivity index (χ3v) is 4.76. The molecule has 6 nitrogen and oxygen atoms in total. The molecule has 124 valence electrons. The molecule has 0 saturated heterocycles. The van der Waals surface area contributed by atoms with Gasteiger partial charge in [-0.25, -0.2) is 4.98 Å². The molecule has 4 rings (SSSR count). The van der Waals surface area contributed by atoms with Gasteiger partial charge < -0.3 is 9.52 Å². The lowest BCUT2D eigenvalue weighted by molar-refractivity contribution is -0.136. The van der Waals surface area contributed by atoms with Crippen LogP contribution in [-0.4, -0.2) is 26.3 Å². The maximum Gasteiger partial charge on any atom is 0.312 e. The van der Waals surface area contributed by atoms with Crippen LogP contribution < -0.4 is 0 Å². The van der Waals surface area contributed by atoms with Crippen LogP contribution in [-0.2, 0) is 17.6 Å². The molecule has 2 aromatic carbocycles. The van der Waals surface area contributed by atoms with E-state index in [1.54, 1.807) is 11.3 Å². The summed E-state index contributed by atoms with van der Waals surface area (Å²) in [7, 11) is 0. The highest BCUT2D eigenvalue weighted by Crippen LogP contribution is 2.33. The van der Waals surface area contributed by atoms with Crippen molar-refractivity contribution in [1.29, 1.82) is 0 Å². The largest absolute Gasteiger partial charge is 0.481 e. The summed E-state index contributed by atoms with van der Waals surface area (Å²) in [6.07, 6.45) is 0.116. The number of carboxylic acid groups (broad SMARTS) is 1. The van der Waals surface area contributed by atoms with Crippen LogP contribution in [0.2, 0.25) is 0 Å². The van der Waals surface area contributed by atoms with E-state index >= 15 is 0 Å². The van der Waals surface area contributed by atoms with E-state index in [9.17, 15) is 4.79 Å². The molecule has 7 heteroatoms. The number of fused-ring (bicyclic) bond motifs is 1.